The molecule has 0 fully saturated rings. The summed E-state index contributed by atoms with van der Waals surface area (Å²) in [6, 6.07) is 25.3. The van der Waals surface area contributed by atoms with Crippen LogP contribution in [0.5, 0.6) is 5.95 Å². The number of carbonyl (C=O) groups is 1. The van der Waals surface area contributed by atoms with Crippen molar-refractivity contribution in [2.45, 2.75) is 33.9 Å². The quantitative estimate of drug-likeness (QED) is 0.0320. The first-order valence-corrected chi connectivity index (χ1v) is 18.8. The standard InChI is InChI=1S/C15H12N4O2.C11H10N4O2.C6H5FN2O2.C6H8O2.C3H2N2.CH3F.CH2O3.2K.H/c1-2-18-14-9-11(19(20)21)5-6-12(14)13(10-16)15(18)17-7-3-4-8-17;1-2-14-10-5-7(15(16)17)3-4-8(10)9(6-12)11(14)13;7-5-2-1-4(9(10)11)3-6(5)8;1-5-3-4-6(7-2)8-5;1-5-3-2-4;1-2;2-1-4-3;;;/h3-9H,2H2,1H3;3-5H,2,13H2,1H3;1-3H,8H2;3-4H,1-2H3;3H2;1H3;1,3H;;;/q;;;;;;;2*+1;-1/p-1/i;;;;;1D2;;;;. The van der Waals surface area contributed by atoms with Crippen LogP contribution in [-0.4, -0.2) is 55.7 Å². The fraction of sp³-hybridized carbons (Fsp3) is 0.186. The minimum Gasteiger partial charge on any atom is -1.00 e. The van der Waals surface area contributed by atoms with E-state index in [1.54, 1.807) is 35.9 Å². The van der Waals surface area contributed by atoms with Crippen LogP contribution in [0.4, 0.5) is 37.3 Å². The summed E-state index contributed by atoms with van der Waals surface area (Å²) in [5.74, 6) is 1.89. The molecule has 23 nitrogen and oxygen atoms in total. The molecular formula is C43H42F2K2N12O11. The minimum atomic E-state index is -2.17. The van der Waals surface area contributed by atoms with Crippen molar-refractivity contribution in [2.75, 3.05) is 32.3 Å². The van der Waals surface area contributed by atoms with Gasteiger partial charge in [0.1, 0.15) is 52.5 Å². The summed E-state index contributed by atoms with van der Waals surface area (Å²) >= 11 is 0. The van der Waals surface area contributed by atoms with E-state index < -0.39 is 27.7 Å². The smallest absolute Gasteiger partial charge is 1.00 e. The number of nitro benzene ring substituents is 3. The van der Waals surface area contributed by atoms with Crippen molar-refractivity contribution >= 4 is 56.8 Å². The normalized spacial score (nSPS) is 9.43. The van der Waals surface area contributed by atoms with E-state index in [4.69, 9.17) is 50.5 Å². The third-order valence-electron chi connectivity index (χ3n) is 8.53. The molecule has 0 aliphatic rings. The predicted molar refractivity (Wildman–Crippen MR) is 242 cm³/mol. The number of nitrogens with zero attached hydrogens (tertiary/aromatic N) is 10. The Balaban J connectivity index is -0.000000847. The van der Waals surface area contributed by atoms with Crippen molar-refractivity contribution in [1.82, 2.24) is 13.7 Å². The van der Waals surface area contributed by atoms with Gasteiger partial charge in [-0.15, -0.1) is 0 Å². The molecule has 356 valence electrons. The van der Waals surface area contributed by atoms with Gasteiger partial charge in [-0.3, -0.25) is 39.5 Å². The average Bonchev–Trinajstić information content (AvgIpc) is 4.14. The molecule has 7 aromatic rings. The van der Waals surface area contributed by atoms with Gasteiger partial charge in [0, 0.05) is 78.7 Å². The number of nitriles is 3. The fourth-order valence-electron chi connectivity index (χ4n) is 5.74. The first-order valence-electron chi connectivity index (χ1n) is 19.9. The zero-order chi connectivity index (χ0) is 53.1. The zero-order valence-corrected chi connectivity index (χ0v) is 44.6. The van der Waals surface area contributed by atoms with Crippen molar-refractivity contribution in [3.63, 3.8) is 0 Å². The molecule has 0 atom stereocenters. The third kappa shape index (κ3) is 18.7. The van der Waals surface area contributed by atoms with E-state index in [2.05, 4.69) is 15.8 Å². The number of alkyl halides is 1. The number of nitro groups is 3. The van der Waals surface area contributed by atoms with E-state index in [1.165, 1.54) is 24.3 Å². The topological polar surface area (TPSA) is 344 Å². The van der Waals surface area contributed by atoms with E-state index >= 15 is 0 Å². The largest absolute Gasteiger partial charge is 1.00 e. The molecule has 0 unspecified atom stereocenters. The molecule has 4 aromatic heterocycles. The summed E-state index contributed by atoms with van der Waals surface area (Å²) in [5.41, 5.74) is 12.7. The SMILES string of the molecule is CCn1c(-n2cccc2)c(C#N)c2ccc([N+](=O)[O-])cc21.CCn1c(N)c(C#N)c2ccc([N+](=O)[O-])cc21.COc1ccc(C)o1.Nc1cc([N+](=O)[O-])ccc1F.O=CO[O-].[2H]C([2H])F.[C-]#[N+]CC#N.[H-].[K+].[K+]. The molecular weight excluding hydrogens is 977 g/mol. The van der Waals surface area contributed by atoms with Crippen molar-refractivity contribution in [3.8, 4) is 30.0 Å². The van der Waals surface area contributed by atoms with E-state index in [0.717, 1.165) is 35.2 Å². The van der Waals surface area contributed by atoms with Crippen LogP contribution >= 0.6 is 0 Å². The Hall–Kier alpha value is -6.58. The van der Waals surface area contributed by atoms with Crippen LogP contribution in [0.1, 0.15) is 34.9 Å². The van der Waals surface area contributed by atoms with Crippen LogP contribution in [0, 0.1) is 83.6 Å². The van der Waals surface area contributed by atoms with Gasteiger partial charge in [0.2, 0.25) is 0 Å². The number of hydrogen-bond acceptors (Lipinski definition) is 16. The van der Waals surface area contributed by atoms with E-state index in [-0.39, 0.29) is 140 Å². The van der Waals surface area contributed by atoms with E-state index in [0.29, 0.717) is 52.4 Å². The monoisotopic (exact) mass is 1020 g/mol. The second-order valence-corrected chi connectivity index (χ2v) is 12.4. The Labute approximate surface area is 487 Å². The summed E-state index contributed by atoms with van der Waals surface area (Å²) in [7, 11) is -0.585. The number of benzene rings is 3. The van der Waals surface area contributed by atoms with Gasteiger partial charge in [0.25, 0.3) is 36.0 Å². The van der Waals surface area contributed by atoms with Gasteiger partial charge in [-0.1, -0.05) is 0 Å². The summed E-state index contributed by atoms with van der Waals surface area (Å²) in [6.45, 7) is 12.7. The minimum absolute atomic E-state index is 0. The number of fused-ring (bicyclic) bond motifs is 2. The number of nitrogens with two attached hydrogens (primary N) is 2. The van der Waals surface area contributed by atoms with Crippen molar-refractivity contribution in [1.29, 1.82) is 15.8 Å². The van der Waals surface area contributed by atoms with Crippen LogP contribution in [0.25, 0.3) is 32.5 Å². The number of furan rings is 1. The Morgan fingerprint density at radius 1 is 0.857 bits per heavy atom. The number of ether oxygens (including phenoxy) is 1. The number of aromatic nitrogens is 3. The first kappa shape index (κ1) is 61.4. The number of hydrogen-bond donors (Lipinski definition) is 2. The first-order chi connectivity index (χ1) is 33.3. The number of carbonyl (C=O) groups excluding carboxylic acids is 1. The van der Waals surface area contributed by atoms with E-state index in [9.17, 15) is 44.4 Å². The van der Waals surface area contributed by atoms with Crippen LogP contribution in [-0.2, 0) is 22.8 Å². The number of methoxy groups -OCH3 is 1. The van der Waals surface area contributed by atoms with Gasteiger partial charge >= 0.3 is 103 Å². The molecule has 7 rings (SSSR count). The summed E-state index contributed by atoms with van der Waals surface area (Å²) in [6.07, 6.45) is 3.71. The molecule has 0 bridgehead atoms. The average molecular weight is 1020 g/mol. The maximum absolute atomic E-state index is 12.4. The maximum Gasteiger partial charge on any atom is 1.00 e. The van der Waals surface area contributed by atoms with Crippen molar-refractivity contribution in [2.24, 2.45) is 0 Å². The van der Waals surface area contributed by atoms with Gasteiger partial charge in [-0.2, -0.15) is 15.8 Å². The van der Waals surface area contributed by atoms with E-state index in [1.807, 2.05) is 66.6 Å². The third-order valence-corrected chi connectivity index (χ3v) is 8.53. The van der Waals surface area contributed by atoms with Crippen LogP contribution in [0.2, 0.25) is 0 Å². The number of nitrogen functional groups attached to an aromatic ring is 2. The maximum atomic E-state index is 12.4. The Bertz CT molecular complexity index is 3040. The number of aryl methyl sites for hydroxylation is 3. The number of rotatable bonds is 8. The second kappa shape index (κ2) is 34.7. The Morgan fingerprint density at radius 2 is 1.31 bits per heavy atom. The summed E-state index contributed by atoms with van der Waals surface area (Å²) < 4.78 is 49.2. The number of halogens is 2. The summed E-state index contributed by atoms with van der Waals surface area (Å²) in [4.78, 5) is 44.2. The van der Waals surface area contributed by atoms with Crippen LogP contribution in [0.3, 0.4) is 0 Å². The number of anilines is 2. The molecule has 27 heteroatoms. The van der Waals surface area contributed by atoms with Gasteiger partial charge in [0.05, 0.1) is 48.5 Å². The molecule has 0 saturated heterocycles. The van der Waals surface area contributed by atoms with Crippen LogP contribution in [0.15, 0.2) is 95.7 Å². The number of non-ortho nitro benzene ring substituents is 3. The molecule has 4 heterocycles. The molecule has 4 N–H and O–H groups in total. The molecule has 0 amide bonds. The molecule has 0 spiro atoms. The molecule has 3 aromatic carbocycles. The summed E-state index contributed by atoms with van der Waals surface area (Å²) in [5, 5.41) is 67.7. The van der Waals surface area contributed by atoms with Gasteiger partial charge < -0.3 is 50.7 Å². The van der Waals surface area contributed by atoms with Crippen molar-refractivity contribution < 1.29 is 155 Å². The zero-order valence-electron chi connectivity index (χ0n) is 41.3. The van der Waals surface area contributed by atoms with Gasteiger partial charge in [-0.25, -0.2) is 11.0 Å². The van der Waals surface area contributed by atoms with Crippen molar-refractivity contribution in [3.05, 3.63) is 156 Å². The molecule has 0 radical (unpaired) electrons. The Kier molecular flexibility index (Phi) is 30.4. The van der Waals surface area contributed by atoms with Gasteiger partial charge in [0.15, 0.2) is 0 Å². The molecule has 0 aliphatic heterocycles. The molecule has 0 saturated carbocycles. The molecule has 70 heavy (non-hydrogen) atoms. The van der Waals surface area contributed by atoms with Crippen LogP contribution < -0.4 is 124 Å². The predicted octanol–water partition coefficient (Wildman–Crippen LogP) is 1.74. The fourth-order valence-corrected chi connectivity index (χ4v) is 5.74. The second-order valence-electron chi connectivity index (χ2n) is 12.4. The molecule has 0 aliphatic carbocycles. The van der Waals surface area contributed by atoms with Gasteiger partial charge in [-0.05, 0) is 57.2 Å². The Morgan fingerprint density at radius 3 is 1.66 bits per heavy atom.